The van der Waals surface area contributed by atoms with Gasteiger partial charge in [-0.2, -0.15) is 0 Å². The monoisotopic (exact) mass is 222 g/mol. The van der Waals surface area contributed by atoms with Crippen molar-refractivity contribution < 1.29 is 13.2 Å². The molecular formula is C8H18N2O3S. The van der Waals surface area contributed by atoms with Crippen LogP contribution in [0.25, 0.3) is 0 Å². The van der Waals surface area contributed by atoms with Crippen molar-refractivity contribution in [2.45, 2.75) is 31.6 Å². The molecule has 0 aromatic carbocycles. The highest BCUT2D eigenvalue weighted by atomic mass is 32.2. The highest BCUT2D eigenvalue weighted by Gasteiger charge is 2.38. The van der Waals surface area contributed by atoms with Crippen molar-refractivity contribution in [2.75, 3.05) is 12.8 Å². The molecule has 0 radical (unpaired) electrons. The van der Waals surface area contributed by atoms with E-state index in [-0.39, 0.29) is 12.6 Å². The van der Waals surface area contributed by atoms with Crippen LogP contribution in [0.1, 0.15) is 20.8 Å². The van der Waals surface area contributed by atoms with Crippen LogP contribution in [0.3, 0.4) is 0 Å². The molecule has 0 saturated heterocycles. The van der Waals surface area contributed by atoms with E-state index in [1.807, 2.05) is 0 Å². The van der Waals surface area contributed by atoms with Crippen LogP contribution >= 0.6 is 0 Å². The molecule has 3 N–H and O–H groups in total. The van der Waals surface area contributed by atoms with Crippen LogP contribution in [-0.4, -0.2) is 37.9 Å². The van der Waals surface area contributed by atoms with E-state index in [2.05, 4.69) is 5.32 Å². The number of carbonyl (C=O) groups excluding carboxylic acids is 1. The Bertz CT molecular complexity index is 309. The number of amides is 1. The van der Waals surface area contributed by atoms with E-state index >= 15 is 0 Å². The van der Waals surface area contributed by atoms with Crippen molar-refractivity contribution >= 4 is 15.7 Å². The zero-order chi connectivity index (χ0) is 11.6. The molecular weight excluding hydrogens is 204 g/mol. The van der Waals surface area contributed by atoms with E-state index in [0.717, 1.165) is 6.26 Å². The molecule has 1 unspecified atom stereocenters. The molecule has 0 aliphatic heterocycles. The van der Waals surface area contributed by atoms with Gasteiger partial charge in [0.25, 0.3) is 0 Å². The van der Waals surface area contributed by atoms with Crippen LogP contribution < -0.4 is 11.1 Å². The highest BCUT2D eigenvalue weighted by Crippen LogP contribution is 2.15. The lowest BCUT2D eigenvalue weighted by atomic mass is 10.2. The average Bonchev–Trinajstić information content (AvgIpc) is 2.01. The topological polar surface area (TPSA) is 89.3 Å². The zero-order valence-electron chi connectivity index (χ0n) is 8.99. The van der Waals surface area contributed by atoms with Gasteiger partial charge in [-0.15, -0.1) is 0 Å². The third-order valence-electron chi connectivity index (χ3n) is 2.20. The lowest BCUT2D eigenvalue weighted by molar-refractivity contribution is -0.123. The fraction of sp³-hybridized carbons (Fsp3) is 0.875. The van der Waals surface area contributed by atoms with Crippen molar-refractivity contribution in [1.82, 2.24) is 5.32 Å². The number of hydrogen-bond acceptors (Lipinski definition) is 4. The van der Waals surface area contributed by atoms with E-state index in [1.54, 1.807) is 6.92 Å². The maximum atomic E-state index is 11.5. The Balaban J connectivity index is 4.70. The smallest absolute Gasteiger partial charge is 0.241 e. The van der Waals surface area contributed by atoms with Gasteiger partial charge in [0.2, 0.25) is 5.91 Å². The van der Waals surface area contributed by atoms with Gasteiger partial charge in [0.15, 0.2) is 9.84 Å². The summed E-state index contributed by atoms with van der Waals surface area (Å²) in [6.45, 7) is 4.75. The second-order valence-electron chi connectivity index (χ2n) is 3.89. The molecule has 0 fully saturated rings. The van der Waals surface area contributed by atoms with Crippen molar-refractivity contribution in [3.63, 3.8) is 0 Å². The third kappa shape index (κ3) is 2.95. The summed E-state index contributed by atoms with van der Waals surface area (Å²) >= 11 is 0. The minimum Gasteiger partial charge on any atom is -0.351 e. The zero-order valence-corrected chi connectivity index (χ0v) is 9.81. The standard InChI is InChI=1S/C8H18N2O3S/c1-6(5-9)10-7(11)8(2,3)14(4,12)13/h6H,5,9H2,1-4H3,(H,10,11). The molecule has 6 heteroatoms. The van der Waals surface area contributed by atoms with Crippen molar-refractivity contribution in [3.05, 3.63) is 0 Å². The molecule has 0 aromatic rings. The molecule has 0 spiro atoms. The minimum atomic E-state index is -3.41. The first kappa shape index (κ1) is 13.4. The number of nitrogens with two attached hydrogens (primary N) is 1. The Labute approximate surface area is 85.0 Å². The van der Waals surface area contributed by atoms with Gasteiger partial charge in [0, 0.05) is 18.8 Å². The van der Waals surface area contributed by atoms with Crippen molar-refractivity contribution in [2.24, 2.45) is 5.73 Å². The van der Waals surface area contributed by atoms with Gasteiger partial charge in [0.1, 0.15) is 4.75 Å². The SMILES string of the molecule is CC(CN)NC(=O)C(C)(C)S(C)(=O)=O. The van der Waals surface area contributed by atoms with E-state index in [0.29, 0.717) is 0 Å². The number of sulfone groups is 1. The van der Waals surface area contributed by atoms with Gasteiger partial charge < -0.3 is 11.1 Å². The van der Waals surface area contributed by atoms with Gasteiger partial charge in [-0.3, -0.25) is 4.79 Å². The molecule has 14 heavy (non-hydrogen) atoms. The van der Waals surface area contributed by atoms with E-state index in [9.17, 15) is 13.2 Å². The van der Waals surface area contributed by atoms with E-state index in [1.165, 1.54) is 13.8 Å². The molecule has 1 amide bonds. The summed E-state index contributed by atoms with van der Waals surface area (Å²) in [5.41, 5.74) is 5.31. The molecule has 1 atom stereocenters. The number of nitrogens with one attached hydrogen (secondary N) is 1. The lowest BCUT2D eigenvalue weighted by Gasteiger charge is -2.23. The molecule has 0 saturated carbocycles. The van der Waals surface area contributed by atoms with Crippen LogP contribution in [0, 0.1) is 0 Å². The Morgan fingerprint density at radius 2 is 1.93 bits per heavy atom. The first-order chi connectivity index (χ1) is 6.13. The predicted octanol–water partition coefficient (Wildman–Crippen LogP) is -0.727. The second-order valence-corrected chi connectivity index (χ2v) is 6.46. The van der Waals surface area contributed by atoms with Crippen LogP contribution in [0.2, 0.25) is 0 Å². The first-order valence-electron chi connectivity index (χ1n) is 4.33. The number of rotatable bonds is 4. The quantitative estimate of drug-likeness (QED) is 0.656. The number of carbonyl (C=O) groups is 1. The summed E-state index contributed by atoms with van der Waals surface area (Å²) in [5.74, 6) is -0.516. The van der Waals surface area contributed by atoms with Crippen LogP contribution in [0.4, 0.5) is 0 Å². The summed E-state index contributed by atoms with van der Waals surface area (Å²) in [7, 11) is -3.41. The maximum absolute atomic E-state index is 11.5. The molecule has 0 bridgehead atoms. The molecule has 5 nitrogen and oxygen atoms in total. The average molecular weight is 222 g/mol. The third-order valence-corrected chi connectivity index (χ3v) is 4.24. The molecule has 0 rings (SSSR count). The maximum Gasteiger partial charge on any atom is 0.241 e. The summed E-state index contributed by atoms with van der Waals surface area (Å²) in [6, 6.07) is -0.219. The van der Waals surface area contributed by atoms with Gasteiger partial charge in [-0.1, -0.05) is 0 Å². The van der Waals surface area contributed by atoms with Gasteiger partial charge in [-0.25, -0.2) is 8.42 Å². The molecule has 0 aliphatic carbocycles. The van der Waals surface area contributed by atoms with E-state index < -0.39 is 20.5 Å². The first-order valence-corrected chi connectivity index (χ1v) is 6.22. The van der Waals surface area contributed by atoms with E-state index in [4.69, 9.17) is 5.73 Å². The van der Waals surface area contributed by atoms with Crippen LogP contribution in [0.15, 0.2) is 0 Å². The van der Waals surface area contributed by atoms with Crippen LogP contribution in [0.5, 0.6) is 0 Å². The highest BCUT2D eigenvalue weighted by molar-refractivity contribution is 7.92. The largest absolute Gasteiger partial charge is 0.351 e. The minimum absolute atomic E-state index is 0.219. The predicted molar refractivity (Wildman–Crippen MR) is 55.6 cm³/mol. The second kappa shape index (κ2) is 4.27. The van der Waals surface area contributed by atoms with Gasteiger partial charge in [-0.05, 0) is 20.8 Å². The summed E-state index contributed by atoms with van der Waals surface area (Å²) < 4.78 is 21.1. The lowest BCUT2D eigenvalue weighted by Crippen LogP contribution is -2.51. The van der Waals surface area contributed by atoms with Crippen LogP contribution in [-0.2, 0) is 14.6 Å². The number of hydrogen-bond donors (Lipinski definition) is 2. The summed E-state index contributed by atoms with van der Waals surface area (Å²) in [6.07, 6.45) is 1.04. The van der Waals surface area contributed by atoms with Crippen molar-refractivity contribution in [3.8, 4) is 0 Å². The fourth-order valence-electron chi connectivity index (χ4n) is 0.625. The molecule has 0 heterocycles. The van der Waals surface area contributed by atoms with Gasteiger partial charge >= 0.3 is 0 Å². The Hall–Kier alpha value is -0.620. The molecule has 84 valence electrons. The molecule has 0 aromatic heterocycles. The summed E-state index contributed by atoms with van der Waals surface area (Å²) in [5, 5.41) is 2.53. The fourth-order valence-corrected chi connectivity index (χ4v) is 1.02. The van der Waals surface area contributed by atoms with Gasteiger partial charge in [0.05, 0.1) is 0 Å². The van der Waals surface area contributed by atoms with Crippen molar-refractivity contribution in [1.29, 1.82) is 0 Å². The normalized spacial score (nSPS) is 14.9. The Morgan fingerprint density at radius 1 is 1.50 bits per heavy atom. The Kier molecular flexibility index (Phi) is 4.08. The Morgan fingerprint density at radius 3 is 2.21 bits per heavy atom. The molecule has 0 aliphatic rings. The summed E-state index contributed by atoms with van der Waals surface area (Å²) in [4.78, 5) is 11.5.